The van der Waals surface area contributed by atoms with Crippen LogP contribution in [-0.2, 0) is 9.59 Å². The first-order chi connectivity index (χ1) is 9.56. The van der Waals surface area contributed by atoms with Gasteiger partial charge in [-0.15, -0.1) is 0 Å². The van der Waals surface area contributed by atoms with Gasteiger partial charge in [0.25, 0.3) is 0 Å². The van der Waals surface area contributed by atoms with Crippen LogP contribution in [0, 0.1) is 0 Å². The predicted octanol–water partition coefficient (Wildman–Crippen LogP) is 2.93. The average Bonchev–Trinajstić information content (AvgIpc) is 2.83. The molecule has 1 N–H and O–H groups in total. The van der Waals surface area contributed by atoms with Gasteiger partial charge in [0.2, 0.25) is 5.91 Å². The number of amides is 1. The van der Waals surface area contributed by atoms with Gasteiger partial charge in [-0.05, 0) is 36.6 Å². The monoisotopic (exact) mass is 337 g/mol. The molecule has 1 aliphatic heterocycles. The molecule has 1 aromatic rings. The molecular formula is C15H16BrNO3. The maximum atomic E-state index is 12.1. The lowest BCUT2D eigenvalue weighted by molar-refractivity contribution is -0.139. The third-order valence-corrected chi connectivity index (χ3v) is 3.83. The Hall–Kier alpha value is -1.62. The second-order valence-electron chi connectivity index (χ2n) is 4.81. The molecule has 1 heterocycles. The average molecular weight is 338 g/mol. The van der Waals surface area contributed by atoms with Gasteiger partial charge < -0.3 is 10.0 Å². The van der Waals surface area contributed by atoms with Crippen LogP contribution in [0.25, 0.3) is 6.08 Å². The number of hydrogen-bond acceptors (Lipinski definition) is 2. The molecule has 1 aliphatic rings. The summed E-state index contributed by atoms with van der Waals surface area (Å²) in [5.41, 5.74) is 0.932. The van der Waals surface area contributed by atoms with Crippen molar-refractivity contribution in [2.45, 2.75) is 25.3 Å². The maximum absolute atomic E-state index is 12.1. The summed E-state index contributed by atoms with van der Waals surface area (Å²) >= 11 is 3.38. The Kier molecular flexibility index (Phi) is 4.95. The summed E-state index contributed by atoms with van der Waals surface area (Å²) < 4.78 is 0.956. The van der Waals surface area contributed by atoms with E-state index in [-0.39, 0.29) is 18.4 Å². The van der Waals surface area contributed by atoms with Crippen LogP contribution >= 0.6 is 15.9 Å². The molecular weight excluding hydrogens is 322 g/mol. The number of nitrogens with zero attached hydrogens (tertiary/aromatic N) is 1. The molecule has 0 aliphatic carbocycles. The number of aliphatic carboxylic acids is 1. The Balaban J connectivity index is 2.02. The van der Waals surface area contributed by atoms with Gasteiger partial charge in [0.05, 0.1) is 6.42 Å². The summed E-state index contributed by atoms with van der Waals surface area (Å²) in [4.78, 5) is 24.6. The maximum Gasteiger partial charge on any atom is 0.305 e. The molecule has 0 spiro atoms. The molecule has 1 unspecified atom stereocenters. The van der Waals surface area contributed by atoms with Crippen molar-refractivity contribution in [2.75, 3.05) is 6.54 Å². The minimum Gasteiger partial charge on any atom is -0.481 e. The number of carbonyl (C=O) groups excluding carboxylic acids is 1. The van der Waals surface area contributed by atoms with Crippen molar-refractivity contribution in [3.8, 4) is 0 Å². The first-order valence-corrected chi connectivity index (χ1v) is 7.31. The fourth-order valence-electron chi connectivity index (χ4n) is 2.41. The lowest BCUT2D eigenvalue weighted by Crippen LogP contribution is -2.35. The van der Waals surface area contributed by atoms with Gasteiger partial charge in [-0.25, -0.2) is 0 Å². The molecule has 1 aromatic carbocycles. The first-order valence-electron chi connectivity index (χ1n) is 6.52. The largest absolute Gasteiger partial charge is 0.481 e. The number of carbonyl (C=O) groups is 2. The van der Waals surface area contributed by atoms with E-state index in [0.717, 1.165) is 22.9 Å². The topological polar surface area (TPSA) is 57.6 Å². The molecule has 106 valence electrons. The number of halogens is 1. The fourth-order valence-corrected chi connectivity index (χ4v) is 2.83. The standard InChI is InChI=1S/C15H16BrNO3/c16-12-4-1-3-11(9-12)6-7-14(18)17-8-2-5-13(17)10-15(19)20/h1,3-4,6-7,9,13H,2,5,8,10H2,(H,19,20)/b7-6+. The van der Waals surface area contributed by atoms with Gasteiger partial charge >= 0.3 is 5.97 Å². The molecule has 20 heavy (non-hydrogen) atoms. The molecule has 0 bridgehead atoms. The van der Waals surface area contributed by atoms with Crippen molar-refractivity contribution >= 4 is 33.9 Å². The highest BCUT2D eigenvalue weighted by molar-refractivity contribution is 9.10. The van der Waals surface area contributed by atoms with Crippen molar-refractivity contribution < 1.29 is 14.7 Å². The minimum atomic E-state index is -0.856. The molecule has 4 nitrogen and oxygen atoms in total. The van der Waals surface area contributed by atoms with E-state index < -0.39 is 5.97 Å². The summed E-state index contributed by atoms with van der Waals surface area (Å²) in [7, 11) is 0. The van der Waals surface area contributed by atoms with Gasteiger partial charge in [-0.3, -0.25) is 9.59 Å². The predicted molar refractivity (Wildman–Crippen MR) is 80.2 cm³/mol. The van der Waals surface area contributed by atoms with Gasteiger partial charge in [0, 0.05) is 23.1 Å². The summed E-state index contributed by atoms with van der Waals surface area (Å²) in [6.45, 7) is 0.638. The van der Waals surface area contributed by atoms with E-state index in [0.29, 0.717) is 6.54 Å². The summed E-state index contributed by atoms with van der Waals surface area (Å²) in [6, 6.07) is 7.47. The highest BCUT2D eigenvalue weighted by atomic mass is 79.9. The zero-order valence-electron chi connectivity index (χ0n) is 11.0. The van der Waals surface area contributed by atoms with Crippen molar-refractivity contribution in [3.05, 3.63) is 40.4 Å². The van der Waals surface area contributed by atoms with E-state index in [1.165, 1.54) is 6.08 Å². The van der Waals surface area contributed by atoms with Crippen LogP contribution in [0.15, 0.2) is 34.8 Å². The van der Waals surface area contributed by atoms with Crippen LogP contribution in [0.3, 0.4) is 0 Å². The number of carboxylic acid groups (broad SMARTS) is 1. The van der Waals surface area contributed by atoms with Gasteiger partial charge in [-0.2, -0.15) is 0 Å². The van der Waals surface area contributed by atoms with E-state index in [9.17, 15) is 9.59 Å². The molecule has 5 heteroatoms. The van der Waals surface area contributed by atoms with Crippen LogP contribution in [-0.4, -0.2) is 34.5 Å². The highest BCUT2D eigenvalue weighted by Crippen LogP contribution is 2.21. The fraction of sp³-hybridized carbons (Fsp3) is 0.333. The first kappa shape index (κ1) is 14.8. The molecule has 0 saturated carbocycles. The molecule has 0 radical (unpaired) electrons. The van der Waals surface area contributed by atoms with E-state index in [1.54, 1.807) is 11.0 Å². The SMILES string of the molecule is O=C(O)CC1CCCN1C(=O)/C=C/c1cccc(Br)c1. The van der Waals surface area contributed by atoms with Crippen molar-refractivity contribution in [3.63, 3.8) is 0 Å². The number of likely N-dealkylation sites (tertiary alicyclic amines) is 1. The Labute approximate surface area is 126 Å². The van der Waals surface area contributed by atoms with Crippen molar-refractivity contribution in [1.82, 2.24) is 4.90 Å². The Bertz CT molecular complexity index is 542. The molecule has 1 amide bonds. The Morgan fingerprint density at radius 2 is 2.25 bits per heavy atom. The number of hydrogen-bond donors (Lipinski definition) is 1. The molecule has 1 saturated heterocycles. The second-order valence-corrected chi connectivity index (χ2v) is 5.73. The van der Waals surface area contributed by atoms with Crippen LogP contribution < -0.4 is 0 Å². The van der Waals surface area contributed by atoms with Crippen LogP contribution in [0.5, 0.6) is 0 Å². The second kappa shape index (κ2) is 6.70. The third-order valence-electron chi connectivity index (χ3n) is 3.34. The molecule has 0 aromatic heterocycles. The van der Waals surface area contributed by atoms with Crippen LogP contribution in [0.4, 0.5) is 0 Å². The minimum absolute atomic E-state index is 0.0243. The lowest BCUT2D eigenvalue weighted by Gasteiger charge is -2.21. The smallest absolute Gasteiger partial charge is 0.305 e. The third kappa shape index (κ3) is 3.93. The Morgan fingerprint density at radius 1 is 1.45 bits per heavy atom. The number of carboxylic acids is 1. The van der Waals surface area contributed by atoms with Crippen LogP contribution in [0.2, 0.25) is 0 Å². The number of benzene rings is 1. The van der Waals surface area contributed by atoms with Gasteiger partial charge in [0.1, 0.15) is 0 Å². The molecule has 1 atom stereocenters. The zero-order valence-corrected chi connectivity index (χ0v) is 12.5. The van der Waals surface area contributed by atoms with Gasteiger partial charge in [-0.1, -0.05) is 28.1 Å². The van der Waals surface area contributed by atoms with E-state index in [2.05, 4.69) is 15.9 Å². The summed E-state index contributed by atoms with van der Waals surface area (Å²) in [5.74, 6) is -0.973. The zero-order chi connectivity index (χ0) is 14.5. The quantitative estimate of drug-likeness (QED) is 0.859. The van der Waals surface area contributed by atoms with E-state index in [1.807, 2.05) is 24.3 Å². The normalized spacial score (nSPS) is 18.6. The van der Waals surface area contributed by atoms with Crippen LogP contribution in [0.1, 0.15) is 24.8 Å². The summed E-state index contributed by atoms with van der Waals surface area (Å²) in [5, 5.41) is 8.85. The molecule has 2 rings (SSSR count). The lowest BCUT2D eigenvalue weighted by atomic mass is 10.1. The van der Waals surface area contributed by atoms with Gasteiger partial charge in [0.15, 0.2) is 0 Å². The van der Waals surface area contributed by atoms with E-state index in [4.69, 9.17) is 5.11 Å². The highest BCUT2D eigenvalue weighted by Gasteiger charge is 2.28. The summed E-state index contributed by atoms with van der Waals surface area (Å²) in [6.07, 6.45) is 4.93. The van der Waals surface area contributed by atoms with Crippen molar-refractivity contribution in [2.24, 2.45) is 0 Å². The molecule has 1 fully saturated rings. The Morgan fingerprint density at radius 3 is 2.95 bits per heavy atom. The number of rotatable bonds is 4. The van der Waals surface area contributed by atoms with E-state index >= 15 is 0 Å². The van der Waals surface area contributed by atoms with Crippen molar-refractivity contribution in [1.29, 1.82) is 0 Å².